The molecule has 0 saturated heterocycles. The summed E-state index contributed by atoms with van der Waals surface area (Å²) >= 11 is 0. The van der Waals surface area contributed by atoms with E-state index in [9.17, 15) is 22.9 Å². The lowest BCUT2D eigenvalue weighted by molar-refractivity contribution is -0.384. The van der Waals surface area contributed by atoms with Crippen LogP contribution in [0.1, 0.15) is 11.1 Å². The summed E-state index contributed by atoms with van der Waals surface area (Å²) in [5.74, 6) is -0.539. The van der Waals surface area contributed by atoms with Crippen LogP contribution in [0.2, 0.25) is 0 Å². The summed E-state index contributed by atoms with van der Waals surface area (Å²) in [5, 5.41) is 10.8. The average molecular weight is 324 g/mol. The number of anilines is 1. The fourth-order valence-electron chi connectivity index (χ4n) is 1.95. The number of hydrogen-bond acceptors (Lipinski definition) is 4. The fourth-order valence-corrected chi connectivity index (χ4v) is 3.30. The molecule has 0 aliphatic heterocycles. The van der Waals surface area contributed by atoms with Crippen LogP contribution in [-0.4, -0.2) is 13.3 Å². The molecule has 6 nitrogen and oxygen atoms in total. The van der Waals surface area contributed by atoms with Gasteiger partial charge in [0.25, 0.3) is 15.7 Å². The standard InChI is InChI=1S/C14H13FN2O4S/c1-9-3-5-12(17(18)19)8-13(9)16-22(20,21)14-6-4-11(15)7-10(14)2/h3-8,16H,1-2H3. The Kier molecular flexibility index (Phi) is 4.14. The summed E-state index contributed by atoms with van der Waals surface area (Å²) in [6.45, 7) is 3.09. The molecule has 0 aliphatic carbocycles. The highest BCUT2D eigenvalue weighted by Crippen LogP contribution is 2.25. The van der Waals surface area contributed by atoms with Gasteiger partial charge in [0.15, 0.2) is 0 Å². The lowest BCUT2D eigenvalue weighted by Gasteiger charge is -2.12. The molecule has 0 aliphatic rings. The zero-order valence-electron chi connectivity index (χ0n) is 11.8. The van der Waals surface area contributed by atoms with Gasteiger partial charge in [-0.1, -0.05) is 6.07 Å². The number of benzene rings is 2. The fraction of sp³-hybridized carbons (Fsp3) is 0.143. The van der Waals surface area contributed by atoms with Crippen molar-refractivity contribution in [2.45, 2.75) is 18.7 Å². The summed E-state index contributed by atoms with van der Waals surface area (Å²) in [5.41, 5.74) is 0.668. The first-order chi connectivity index (χ1) is 10.2. The molecule has 0 heterocycles. The molecule has 8 heteroatoms. The lowest BCUT2D eigenvalue weighted by Crippen LogP contribution is -2.15. The molecule has 0 bridgehead atoms. The van der Waals surface area contributed by atoms with Crippen molar-refractivity contribution < 1.29 is 17.7 Å². The number of non-ortho nitro benzene ring substituents is 1. The molecule has 0 radical (unpaired) electrons. The Balaban J connectivity index is 2.45. The Morgan fingerprint density at radius 2 is 1.77 bits per heavy atom. The summed E-state index contributed by atoms with van der Waals surface area (Å²) < 4.78 is 40.1. The first-order valence-corrected chi connectivity index (χ1v) is 7.73. The maximum absolute atomic E-state index is 13.1. The van der Waals surface area contributed by atoms with E-state index in [-0.39, 0.29) is 21.8 Å². The van der Waals surface area contributed by atoms with Crippen molar-refractivity contribution in [3.8, 4) is 0 Å². The van der Waals surface area contributed by atoms with Crippen LogP contribution < -0.4 is 4.72 Å². The Morgan fingerprint density at radius 3 is 2.36 bits per heavy atom. The highest BCUT2D eigenvalue weighted by molar-refractivity contribution is 7.92. The number of nitrogens with zero attached hydrogens (tertiary/aromatic N) is 1. The topological polar surface area (TPSA) is 89.3 Å². The SMILES string of the molecule is Cc1ccc([N+](=O)[O-])cc1NS(=O)(=O)c1ccc(F)cc1C. The number of sulfonamides is 1. The number of aryl methyl sites for hydroxylation is 2. The van der Waals surface area contributed by atoms with Gasteiger partial charge in [-0.15, -0.1) is 0 Å². The molecule has 0 saturated carbocycles. The van der Waals surface area contributed by atoms with E-state index < -0.39 is 20.8 Å². The third kappa shape index (κ3) is 3.22. The second kappa shape index (κ2) is 5.72. The van der Waals surface area contributed by atoms with E-state index in [1.54, 1.807) is 6.92 Å². The zero-order valence-corrected chi connectivity index (χ0v) is 12.6. The molecule has 0 unspecified atom stereocenters. The Hall–Kier alpha value is -2.48. The van der Waals surface area contributed by atoms with E-state index in [0.717, 1.165) is 24.3 Å². The predicted molar refractivity (Wildman–Crippen MR) is 79.8 cm³/mol. The normalized spacial score (nSPS) is 11.2. The van der Waals surface area contributed by atoms with Gasteiger partial charge in [-0.3, -0.25) is 14.8 Å². The van der Waals surface area contributed by atoms with E-state index in [2.05, 4.69) is 4.72 Å². The minimum absolute atomic E-state index is 0.0835. The highest BCUT2D eigenvalue weighted by atomic mass is 32.2. The van der Waals surface area contributed by atoms with Gasteiger partial charge in [-0.05, 0) is 43.2 Å². The number of rotatable bonds is 4. The van der Waals surface area contributed by atoms with Gasteiger partial charge in [0, 0.05) is 12.1 Å². The van der Waals surface area contributed by atoms with Crippen LogP contribution in [0.4, 0.5) is 15.8 Å². The van der Waals surface area contributed by atoms with Gasteiger partial charge in [-0.25, -0.2) is 12.8 Å². The maximum atomic E-state index is 13.1. The van der Waals surface area contributed by atoms with E-state index in [1.807, 2.05) is 0 Å². The molecule has 0 fully saturated rings. The zero-order chi connectivity index (χ0) is 16.5. The molecule has 0 spiro atoms. The minimum atomic E-state index is -3.96. The third-order valence-electron chi connectivity index (χ3n) is 3.10. The molecular weight excluding hydrogens is 311 g/mol. The largest absolute Gasteiger partial charge is 0.279 e. The first kappa shape index (κ1) is 15.9. The van der Waals surface area contributed by atoms with Crippen LogP contribution in [0.5, 0.6) is 0 Å². The summed E-state index contributed by atoms with van der Waals surface area (Å²) in [4.78, 5) is 10.1. The average Bonchev–Trinajstić information content (AvgIpc) is 2.40. The molecule has 0 aromatic heterocycles. The van der Waals surface area contributed by atoms with Crippen LogP contribution in [0.25, 0.3) is 0 Å². The summed E-state index contributed by atoms with van der Waals surface area (Å²) in [6, 6.07) is 7.19. The van der Waals surface area contributed by atoms with Crippen LogP contribution >= 0.6 is 0 Å². The van der Waals surface area contributed by atoms with Crippen molar-refractivity contribution in [1.29, 1.82) is 0 Å². The summed E-state index contributed by atoms with van der Waals surface area (Å²) in [7, 11) is -3.96. The Labute approximate surface area is 126 Å². The van der Waals surface area contributed by atoms with Crippen molar-refractivity contribution in [2.75, 3.05) is 4.72 Å². The quantitative estimate of drug-likeness (QED) is 0.691. The van der Waals surface area contributed by atoms with Crippen LogP contribution in [-0.2, 0) is 10.0 Å². The van der Waals surface area contributed by atoms with Crippen molar-refractivity contribution in [3.63, 3.8) is 0 Å². The monoisotopic (exact) mass is 324 g/mol. The van der Waals surface area contributed by atoms with Crippen molar-refractivity contribution >= 4 is 21.4 Å². The van der Waals surface area contributed by atoms with Gasteiger partial charge >= 0.3 is 0 Å². The number of hydrogen-bond donors (Lipinski definition) is 1. The van der Waals surface area contributed by atoms with Crippen molar-refractivity contribution in [1.82, 2.24) is 0 Å². The number of nitrogens with one attached hydrogen (secondary N) is 1. The number of halogens is 1. The smallest absolute Gasteiger partial charge is 0.271 e. The maximum Gasteiger partial charge on any atom is 0.271 e. The van der Waals surface area contributed by atoms with Crippen LogP contribution in [0, 0.1) is 29.8 Å². The van der Waals surface area contributed by atoms with Gasteiger partial charge < -0.3 is 0 Å². The van der Waals surface area contributed by atoms with Crippen molar-refractivity contribution in [2.24, 2.45) is 0 Å². The number of nitro groups is 1. The molecule has 0 atom stereocenters. The van der Waals surface area contributed by atoms with Gasteiger partial charge in [0.2, 0.25) is 0 Å². The molecular formula is C14H13FN2O4S. The molecule has 2 aromatic rings. The molecule has 22 heavy (non-hydrogen) atoms. The van der Waals surface area contributed by atoms with E-state index in [1.165, 1.54) is 19.1 Å². The minimum Gasteiger partial charge on any atom is -0.279 e. The van der Waals surface area contributed by atoms with Crippen LogP contribution in [0.3, 0.4) is 0 Å². The predicted octanol–water partition coefficient (Wildman–Crippen LogP) is 3.15. The molecule has 2 aromatic carbocycles. The first-order valence-electron chi connectivity index (χ1n) is 6.25. The van der Waals surface area contributed by atoms with E-state index in [4.69, 9.17) is 0 Å². The second-order valence-corrected chi connectivity index (χ2v) is 6.42. The van der Waals surface area contributed by atoms with Crippen molar-refractivity contribution in [3.05, 3.63) is 63.5 Å². The Bertz CT molecular complexity index is 850. The van der Waals surface area contributed by atoms with E-state index in [0.29, 0.717) is 5.56 Å². The third-order valence-corrected chi connectivity index (χ3v) is 4.63. The lowest BCUT2D eigenvalue weighted by atomic mass is 10.2. The molecule has 2 rings (SSSR count). The van der Waals surface area contributed by atoms with Gasteiger partial charge in [-0.2, -0.15) is 0 Å². The van der Waals surface area contributed by atoms with Crippen LogP contribution in [0.15, 0.2) is 41.3 Å². The second-order valence-electron chi connectivity index (χ2n) is 4.77. The molecule has 1 N–H and O–H groups in total. The van der Waals surface area contributed by atoms with Gasteiger partial charge in [0.05, 0.1) is 15.5 Å². The highest BCUT2D eigenvalue weighted by Gasteiger charge is 2.19. The summed E-state index contributed by atoms with van der Waals surface area (Å²) in [6.07, 6.45) is 0. The number of nitro benzene ring substituents is 1. The molecule has 0 amide bonds. The van der Waals surface area contributed by atoms with Gasteiger partial charge in [0.1, 0.15) is 5.82 Å². The molecule has 116 valence electrons. The van der Waals surface area contributed by atoms with E-state index >= 15 is 0 Å². The Morgan fingerprint density at radius 1 is 1.09 bits per heavy atom.